The fourth-order valence-corrected chi connectivity index (χ4v) is 4.69. The Bertz CT molecular complexity index is 1140. The Morgan fingerprint density at radius 3 is 2.34 bits per heavy atom. The summed E-state index contributed by atoms with van der Waals surface area (Å²) in [5, 5.41) is 3.08. The van der Waals surface area contributed by atoms with E-state index in [-0.39, 0.29) is 5.91 Å². The average Bonchev–Trinajstić information content (AvgIpc) is 3.25. The van der Waals surface area contributed by atoms with Gasteiger partial charge in [0.25, 0.3) is 5.91 Å². The fourth-order valence-electron chi connectivity index (χ4n) is 4.69. The molecular formula is C29H30N2O. The molecule has 0 unspecified atom stereocenters. The van der Waals surface area contributed by atoms with Gasteiger partial charge in [0.15, 0.2) is 0 Å². The summed E-state index contributed by atoms with van der Waals surface area (Å²) in [6, 6.07) is 23.4. The Labute approximate surface area is 190 Å². The standard InChI is InChI=1S/C29H30N2O/c1-21-5-9-23(10-6-21)24-11-12-25-18-27(19-26(25)17-24)29(32)30-28-13-7-22(8-14-28)20-31-15-3-2-4-16-31/h5-14,17,19H,2-4,15-16,18,20H2,1H3,(H,30,32). The SMILES string of the molecule is Cc1ccc(-c2ccc3c(c2)C=C(C(=O)Nc2ccc(CN4CCCCC4)cc2)C3)cc1. The van der Waals surface area contributed by atoms with Gasteiger partial charge in [0.1, 0.15) is 0 Å². The van der Waals surface area contributed by atoms with Gasteiger partial charge in [-0.2, -0.15) is 0 Å². The highest BCUT2D eigenvalue weighted by atomic mass is 16.1. The number of hydrogen-bond donors (Lipinski definition) is 1. The van der Waals surface area contributed by atoms with Gasteiger partial charge in [-0.3, -0.25) is 9.69 Å². The number of fused-ring (bicyclic) bond motifs is 1. The van der Waals surface area contributed by atoms with Crippen molar-refractivity contribution in [1.82, 2.24) is 4.90 Å². The van der Waals surface area contributed by atoms with E-state index in [9.17, 15) is 4.79 Å². The third-order valence-corrected chi connectivity index (χ3v) is 6.60. The van der Waals surface area contributed by atoms with E-state index in [1.54, 1.807) is 0 Å². The first kappa shape index (κ1) is 20.7. The van der Waals surface area contributed by atoms with Gasteiger partial charge < -0.3 is 5.32 Å². The van der Waals surface area contributed by atoms with Gasteiger partial charge in [-0.1, -0.05) is 60.5 Å². The van der Waals surface area contributed by atoms with Crippen molar-refractivity contribution in [3.05, 3.63) is 94.6 Å². The van der Waals surface area contributed by atoms with E-state index >= 15 is 0 Å². The normalized spacial score (nSPS) is 15.8. The second-order valence-electron chi connectivity index (χ2n) is 9.11. The molecule has 3 aromatic rings. The molecular weight excluding hydrogens is 392 g/mol. The van der Waals surface area contributed by atoms with Crippen LogP contribution >= 0.6 is 0 Å². The minimum absolute atomic E-state index is 0.0122. The number of aryl methyl sites for hydroxylation is 1. The second kappa shape index (κ2) is 9.13. The van der Waals surface area contributed by atoms with Crippen molar-refractivity contribution in [2.75, 3.05) is 18.4 Å². The number of nitrogens with one attached hydrogen (secondary N) is 1. The summed E-state index contributed by atoms with van der Waals surface area (Å²) in [4.78, 5) is 15.4. The molecule has 1 aliphatic heterocycles. The molecule has 0 bridgehead atoms. The molecule has 1 amide bonds. The third-order valence-electron chi connectivity index (χ3n) is 6.60. The minimum Gasteiger partial charge on any atom is -0.322 e. The van der Waals surface area contributed by atoms with Crippen LogP contribution in [0.4, 0.5) is 5.69 Å². The molecule has 32 heavy (non-hydrogen) atoms. The number of piperidine rings is 1. The van der Waals surface area contributed by atoms with Gasteiger partial charge in [-0.15, -0.1) is 0 Å². The van der Waals surface area contributed by atoms with Gasteiger partial charge in [-0.05, 0) is 84.9 Å². The van der Waals surface area contributed by atoms with Crippen molar-refractivity contribution in [2.24, 2.45) is 0 Å². The van der Waals surface area contributed by atoms with Crippen molar-refractivity contribution in [2.45, 2.75) is 39.2 Å². The van der Waals surface area contributed by atoms with Crippen molar-refractivity contribution in [3.63, 3.8) is 0 Å². The monoisotopic (exact) mass is 422 g/mol. The number of carbonyl (C=O) groups excluding carboxylic acids is 1. The molecule has 0 saturated carbocycles. The van der Waals surface area contributed by atoms with Crippen LogP contribution < -0.4 is 5.32 Å². The van der Waals surface area contributed by atoms with Gasteiger partial charge in [0.2, 0.25) is 0 Å². The summed E-state index contributed by atoms with van der Waals surface area (Å²) in [7, 11) is 0. The van der Waals surface area contributed by atoms with Crippen LogP contribution in [0.15, 0.2) is 72.3 Å². The van der Waals surface area contributed by atoms with Crippen molar-refractivity contribution >= 4 is 17.7 Å². The second-order valence-corrected chi connectivity index (χ2v) is 9.11. The van der Waals surface area contributed by atoms with Crippen LogP contribution in [0.2, 0.25) is 0 Å². The van der Waals surface area contributed by atoms with Crippen LogP contribution in [0.25, 0.3) is 17.2 Å². The molecule has 1 heterocycles. The maximum absolute atomic E-state index is 12.9. The van der Waals surface area contributed by atoms with Gasteiger partial charge >= 0.3 is 0 Å². The van der Waals surface area contributed by atoms with Crippen LogP contribution in [0, 0.1) is 6.92 Å². The molecule has 0 spiro atoms. The Hall–Kier alpha value is -3.17. The molecule has 1 N–H and O–H groups in total. The molecule has 0 atom stereocenters. The van der Waals surface area contributed by atoms with E-state index in [0.29, 0.717) is 6.42 Å². The highest BCUT2D eigenvalue weighted by molar-refractivity contribution is 6.08. The van der Waals surface area contributed by atoms with Gasteiger partial charge in [0, 0.05) is 24.2 Å². The number of likely N-dealkylation sites (tertiary alicyclic amines) is 1. The van der Waals surface area contributed by atoms with Gasteiger partial charge in [-0.25, -0.2) is 0 Å². The van der Waals surface area contributed by atoms with Crippen molar-refractivity contribution in [1.29, 1.82) is 0 Å². The van der Waals surface area contributed by atoms with Crippen LogP contribution in [0.5, 0.6) is 0 Å². The lowest BCUT2D eigenvalue weighted by atomic mass is 10.00. The lowest BCUT2D eigenvalue weighted by molar-refractivity contribution is -0.112. The molecule has 1 saturated heterocycles. The molecule has 162 valence electrons. The molecule has 3 aromatic carbocycles. The number of hydrogen-bond acceptors (Lipinski definition) is 2. The third kappa shape index (κ3) is 4.68. The Kier molecular flexibility index (Phi) is 5.91. The highest BCUT2D eigenvalue weighted by Crippen LogP contribution is 2.30. The van der Waals surface area contributed by atoms with Crippen LogP contribution in [-0.4, -0.2) is 23.9 Å². The van der Waals surface area contributed by atoms with E-state index in [1.807, 2.05) is 18.2 Å². The molecule has 1 fully saturated rings. The number of rotatable bonds is 5. The molecule has 5 rings (SSSR count). The Balaban J connectivity index is 1.24. The summed E-state index contributed by atoms with van der Waals surface area (Å²) in [5.74, 6) is -0.0122. The molecule has 0 radical (unpaired) electrons. The maximum Gasteiger partial charge on any atom is 0.251 e. The lowest BCUT2D eigenvalue weighted by Gasteiger charge is -2.26. The van der Waals surface area contributed by atoms with E-state index < -0.39 is 0 Å². The lowest BCUT2D eigenvalue weighted by Crippen LogP contribution is -2.29. The number of anilines is 1. The average molecular weight is 423 g/mol. The fraction of sp³-hybridized carbons (Fsp3) is 0.276. The molecule has 0 aromatic heterocycles. The van der Waals surface area contributed by atoms with Crippen molar-refractivity contribution in [3.8, 4) is 11.1 Å². The zero-order chi connectivity index (χ0) is 21.9. The molecule has 3 nitrogen and oxygen atoms in total. The first-order valence-corrected chi connectivity index (χ1v) is 11.7. The summed E-state index contributed by atoms with van der Waals surface area (Å²) in [6.07, 6.45) is 6.68. The first-order valence-electron chi connectivity index (χ1n) is 11.7. The predicted octanol–water partition coefficient (Wildman–Crippen LogP) is 6.23. The number of amides is 1. The summed E-state index contributed by atoms with van der Waals surface area (Å²) in [6.45, 7) is 5.48. The predicted molar refractivity (Wildman–Crippen MR) is 132 cm³/mol. The van der Waals surface area contributed by atoms with Crippen LogP contribution in [0.3, 0.4) is 0 Å². The quantitative estimate of drug-likeness (QED) is 0.529. The number of benzene rings is 3. The van der Waals surface area contributed by atoms with E-state index in [4.69, 9.17) is 0 Å². The van der Waals surface area contributed by atoms with Gasteiger partial charge in [0.05, 0.1) is 0 Å². The zero-order valence-corrected chi connectivity index (χ0v) is 18.7. The van der Waals surface area contributed by atoms with E-state index in [2.05, 4.69) is 71.7 Å². The molecule has 2 aliphatic rings. The smallest absolute Gasteiger partial charge is 0.251 e. The Morgan fingerprint density at radius 2 is 1.59 bits per heavy atom. The summed E-state index contributed by atoms with van der Waals surface area (Å²) in [5.41, 5.74) is 8.98. The topological polar surface area (TPSA) is 32.3 Å². The minimum atomic E-state index is -0.0122. The largest absolute Gasteiger partial charge is 0.322 e. The number of nitrogens with zero attached hydrogens (tertiary/aromatic N) is 1. The zero-order valence-electron chi connectivity index (χ0n) is 18.7. The molecule has 1 aliphatic carbocycles. The van der Waals surface area contributed by atoms with Crippen molar-refractivity contribution < 1.29 is 4.79 Å². The van der Waals surface area contributed by atoms with Crippen LogP contribution in [-0.2, 0) is 17.8 Å². The first-order chi connectivity index (χ1) is 15.6. The van der Waals surface area contributed by atoms with E-state index in [1.165, 1.54) is 60.2 Å². The van der Waals surface area contributed by atoms with E-state index in [0.717, 1.165) is 23.4 Å². The summed E-state index contributed by atoms with van der Waals surface area (Å²) < 4.78 is 0. The molecule has 3 heteroatoms. The van der Waals surface area contributed by atoms with Crippen LogP contribution in [0.1, 0.15) is 41.5 Å². The maximum atomic E-state index is 12.9. The summed E-state index contributed by atoms with van der Waals surface area (Å²) >= 11 is 0. The number of carbonyl (C=O) groups is 1. The highest BCUT2D eigenvalue weighted by Gasteiger charge is 2.19. The Morgan fingerprint density at radius 1 is 0.875 bits per heavy atom.